The second kappa shape index (κ2) is 11.5. The van der Waals surface area contributed by atoms with E-state index >= 15 is 0 Å². The number of nitrogens with zero attached hydrogens (tertiary/aromatic N) is 1. The monoisotopic (exact) mass is 382 g/mol. The maximum atomic E-state index is 12.3. The zero-order chi connectivity index (χ0) is 20.2. The Labute approximate surface area is 165 Å². The fraction of sp³-hybridized carbons (Fsp3) is 0.318. The van der Waals surface area contributed by atoms with Crippen molar-refractivity contribution in [3.8, 4) is 11.5 Å². The highest BCUT2D eigenvalue weighted by molar-refractivity contribution is 5.91. The predicted octanol–water partition coefficient (Wildman–Crippen LogP) is 4.33. The Morgan fingerprint density at radius 1 is 1.04 bits per heavy atom. The zero-order valence-electron chi connectivity index (χ0n) is 16.3. The highest BCUT2D eigenvalue weighted by atomic mass is 16.6. The highest BCUT2D eigenvalue weighted by Crippen LogP contribution is 2.28. The number of benzene rings is 2. The Balaban J connectivity index is 2.02. The van der Waals surface area contributed by atoms with Crippen LogP contribution in [0.1, 0.15) is 55.5 Å². The van der Waals surface area contributed by atoms with Crippen molar-refractivity contribution in [1.29, 1.82) is 0 Å². The lowest BCUT2D eigenvalue weighted by atomic mass is 10.2. The molecule has 148 valence electrons. The standard InChI is InChI=1S/C22H26N2O4/c1-3-5-7-12-21(25)24-23-16-17-13-14-19(20(15-17)27-4-2)28-22(26)18-10-8-6-9-11-18/h6,8-11,13-16H,3-5,7,12H2,1-2H3,(H,24,25)/b23-16+. The fourth-order valence-electron chi connectivity index (χ4n) is 2.46. The van der Waals surface area contributed by atoms with Crippen molar-refractivity contribution in [2.24, 2.45) is 5.10 Å². The summed E-state index contributed by atoms with van der Waals surface area (Å²) in [6.45, 7) is 4.36. The van der Waals surface area contributed by atoms with Crippen LogP contribution >= 0.6 is 0 Å². The molecule has 0 fully saturated rings. The largest absolute Gasteiger partial charge is 0.490 e. The fourth-order valence-corrected chi connectivity index (χ4v) is 2.46. The molecule has 0 atom stereocenters. The third-order valence-corrected chi connectivity index (χ3v) is 3.89. The number of hydrogen-bond acceptors (Lipinski definition) is 5. The van der Waals surface area contributed by atoms with Crippen molar-refractivity contribution >= 4 is 18.1 Å². The van der Waals surface area contributed by atoms with Crippen LogP contribution in [-0.2, 0) is 4.79 Å². The third-order valence-electron chi connectivity index (χ3n) is 3.89. The molecule has 0 saturated carbocycles. The van der Waals surface area contributed by atoms with E-state index in [1.165, 1.54) is 6.21 Å². The number of carbonyl (C=O) groups is 2. The molecule has 0 aliphatic rings. The SMILES string of the molecule is CCCCCC(=O)N/N=C/c1ccc(OC(=O)c2ccccc2)c(OCC)c1. The number of hydrogen-bond donors (Lipinski definition) is 1. The first-order valence-electron chi connectivity index (χ1n) is 9.50. The maximum absolute atomic E-state index is 12.3. The Bertz CT molecular complexity index is 803. The molecule has 1 amide bonds. The number of esters is 1. The Morgan fingerprint density at radius 2 is 1.82 bits per heavy atom. The Morgan fingerprint density at radius 3 is 2.54 bits per heavy atom. The molecule has 2 aromatic rings. The van der Waals surface area contributed by atoms with E-state index in [0.29, 0.717) is 30.1 Å². The molecule has 0 heterocycles. The van der Waals surface area contributed by atoms with Gasteiger partial charge in [0.1, 0.15) is 0 Å². The van der Waals surface area contributed by atoms with E-state index in [2.05, 4.69) is 17.5 Å². The molecule has 0 bridgehead atoms. The number of carbonyl (C=O) groups excluding carboxylic acids is 2. The minimum atomic E-state index is -0.456. The lowest BCUT2D eigenvalue weighted by Gasteiger charge is -2.11. The molecule has 28 heavy (non-hydrogen) atoms. The summed E-state index contributed by atoms with van der Waals surface area (Å²) in [5.74, 6) is 0.201. The van der Waals surface area contributed by atoms with Gasteiger partial charge in [-0.1, -0.05) is 38.0 Å². The van der Waals surface area contributed by atoms with Gasteiger partial charge in [-0.15, -0.1) is 0 Å². The average molecular weight is 382 g/mol. The lowest BCUT2D eigenvalue weighted by molar-refractivity contribution is -0.121. The van der Waals surface area contributed by atoms with Crippen LogP contribution in [0.25, 0.3) is 0 Å². The van der Waals surface area contributed by atoms with Gasteiger partial charge in [-0.3, -0.25) is 4.79 Å². The molecule has 2 rings (SSSR count). The van der Waals surface area contributed by atoms with Crippen LogP contribution in [0.2, 0.25) is 0 Å². The number of hydrazone groups is 1. The molecular formula is C22H26N2O4. The molecule has 0 saturated heterocycles. The Kier molecular flexibility index (Phi) is 8.72. The van der Waals surface area contributed by atoms with Crippen LogP contribution < -0.4 is 14.9 Å². The zero-order valence-corrected chi connectivity index (χ0v) is 16.3. The van der Waals surface area contributed by atoms with Crippen molar-refractivity contribution < 1.29 is 19.1 Å². The molecule has 0 aromatic heterocycles. The van der Waals surface area contributed by atoms with E-state index in [9.17, 15) is 9.59 Å². The molecule has 1 N–H and O–H groups in total. The summed E-state index contributed by atoms with van der Waals surface area (Å²) in [7, 11) is 0. The molecule has 2 aromatic carbocycles. The van der Waals surface area contributed by atoms with Gasteiger partial charge in [0.25, 0.3) is 0 Å². The predicted molar refractivity (Wildman–Crippen MR) is 109 cm³/mol. The quantitative estimate of drug-likeness (QED) is 0.218. The van der Waals surface area contributed by atoms with Gasteiger partial charge in [-0.2, -0.15) is 5.10 Å². The Hall–Kier alpha value is -3.15. The molecule has 6 heteroatoms. The summed E-state index contributed by atoms with van der Waals surface area (Å²) >= 11 is 0. The van der Waals surface area contributed by atoms with Gasteiger partial charge >= 0.3 is 5.97 Å². The van der Waals surface area contributed by atoms with E-state index in [1.807, 2.05) is 13.0 Å². The smallest absolute Gasteiger partial charge is 0.343 e. The van der Waals surface area contributed by atoms with Crippen LogP contribution in [0.4, 0.5) is 0 Å². The van der Waals surface area contributed by atoms with Crippen molar-refractivity contribution in [2.45, 2.75) is 39.5 Å². The second-order valence-corrected chi connectivity index (χ2v) is 6.15. The van der Waals surface area contributed by atoms with Crippen LogP contribution in [0, 0.1) is 0 Å². The normalized spacial score (nSPS) is 10.6. The van der Waals surface area contributed by atoms with Gasteiger partial charge in [0.05, 0.1) is 18.4 Å². The minimum absolute atomic E-state index is 0.108. The summed E-state index contributed by atoms with van der Waals surface area (Å²) in [6.07, 6.45) is 4.94. The van der Waals surface area contributed by atoms with Crippen LogP contribution in [0.5, 0.6) is 11.5 Å². The first kappa shape index (κ1) is 21.2. The molecule has 0 aliphatic carbocycles. The number of unbranched alkanes of at least 4 members (excludes halogenated alkanes) is 2. The summed E-state index contributed by atoms with van der Waals surface area (Å²) in [5.41, 5.74) is 3.69. The molecule has 0 spiro atoms. The van der Waals surface area contributed by atoms with E-state index < -0.39 is 5.97 Å². The number of rotatable bonds is 10. The summed E-state index contributed by atoms with van der Waals surface area (Å²) in [6, 6.07) is 13.9. The highest BCUT2D eigenvalue weighted by Gasteiger charge is 2.12. The van der Waals surface area contributed by atoms with E-state index in [4.69, 9.17) is 9.47 Å². The van der Waals surface area contributed by atoms with E-state index in [-0.39, 0.29) is 5.91 Å². The topological polar surface area (TPSA) is 77.0 Å². The molecule has 6 nitrogen and oxygen atoms in total. The molecule has 0 aliphatic heterocycles. The van der Waals surface area contributed by atoms with Gasteiger partial charge in [-0.05, 0) is 49.2 Å². The minimum Gasteiger partial charge on any atom is -0.490 e. The van der Waals surface area contributed by atoms with Gasteiger partial charge < -0.3 is 9.47 Å². The van der Waals surface area contributed by atoms with Crippen molar-refractivity contribution in [3.63, 3.8) is 0 Å². The maximum Gasteiger partial charge on any atom is 0.343 e. The van der Waals surface area contributed by atoms with Gasteiger partial charge in [0.2, 0.25) is 5.91 Å². The number of ether oxygens (including phenoxy) is 2. The van der Waals surface area contributed by atoms with E-state index in [1.54, 1.807) is 42.5 Å². The average Bonchev–Trinajstić information content (AvgIpc) is 2.71. The van der Waals surface area contributed by atoms with Crippen LogP contribution in [0.3, 0.4) is 0 Å². The second-order valence-electron chi connectivity index (χ2n) is 6.15. The van der Waals surface area contributed by atoms with Gasteiger partial charge in [0.15, 0.2) is 11.5 Å². The summed E-state index contributed by atoms with van der Waals surface area (Å²) < 4.78 is 11.0. The molecule has 0 unspecified atom stereocenters. The molecular weight excluding hydrogens is 356 g/mol. The van der Waals surface area contributed by atoms with Crippen LogP contribution in [0.15, 0.2) is 53.6 Å². The molecule has 0 radical (unpaired) electrons. The van der Waals surface area contributed by atoms with Crippen LogP contribution in [-0.4, -0.2) is 24.7 Å². The summed E-state index contributed by atoms with van der Waals surface area (Å²) in [4.78, 5) is 23.9. The lowest BCUT2D eigenvalue weighted by Crippen LogP contribution is -2.16. The first-order chi connectivity index (χ1) is 13.6. The number of amides is 1. The van der Waals surface area contributed by atoms with Gasteiger partial charge in [0, 0.05) is 6.42 Å². The third kappa shape index (κ3) is 6.87. The summed E-state index contributed by atoms with van der Waals surface area (Å²) in [5, 5.41) is 3.97. The van der Waals surface area contributed by atoms with Crippen molar-refractivity contribution in [2.75, 3.05) is 6.61 Å². The first-order valence-corrected chi connectivity index (χ1v) is 9.50. The number of nitrogens with one attached hydrogen (secondary N) is 1. The van der Waals surface area contributed by atoms with Gasteiger partial charge in [-0.25, -0.2) is 10.2 Å². The van der Waals surface area contributed by atoms with Crippen molar-refractivity contribution in [3.05, 3.63) is 59.7 Å². The van der Waals surface area contributed by atoms with Crippen molar-refractivity contribution in [1.82, 2.24) is 5.43 Å². The van der Waals surface area contributed by atoms with E-state index in [0.717, 1.165) is 24.8 Å².